The Morgan fingerprint density at radius 1 is 1.13 bits per heavy atom. The molecule has 3 unspecified atom stereocenters. The Labute approximate surface area is 177 Å². The number of sulfone groups is 1. The van der Waals surface area contributed by atoms with Gasteiger partial charge < -0.3 is 15.7 Å². The Balaban J connectivity index is 1.88. The molecule has 1 heterocycles. The molecule has 0 amide bonds. The van der Waals surface area contributed by atoms with Gasteiger partial charge in [-0.05, 0) is 52.2 Å². The van der Waals surface area contributed by atoms with Crippen LogP contribution in [0.25, 0.3) is 10.8 Å². The molecular weight excluding hydrogens is 426 g/mol. The highest BCUT2D eigenvalue weighted by Crippen LogP contribution is 2.45. The van der Waals surface area contributed by atoms with E-state index < -0.39 is 44.8 Å². The molecule has 0 spiro atoms. The highest BCUT2D eigenvalue weighted by Gasteiger charge is 2.48. The van der Waals surface area contributed by atoms with Crippen LogP contribution < -0.4 is 10.6 Å². The summed E-state index contributed by atoms with van der Waals surface area (Å²) in [7, 11) is -3.83. The van der Waals surface area contributed by atoms with E-state index in [2.05, 4.69) is 0 Å². The number of benzene rings is 3. The van der Waals surface area contributed by atoms with Crippen LogP contribution in [0.4, 0.5) is 14.5 Å². The maximum atomic E-state index is 14.0. The van der Waals surface area contributed by atoms with Crippen molar-refractivity contribution in [1.29, 1.82) is 0 Å². The van der Waals surface area contributed by atoms with Crippen molar-refractivity contribution in [3.8, 4) is 0 Å². The Bertz CT molecular complexity index is 1300. The van der Waals surface area contributed by atoms with E-state index in [4.69, 9.17) is 5.73 Å². The second-order valence-electron chi connectivity index (χ2n) is 7.72. The average molecular weight is 446 g/mol. The number of hydrogen-bond acceptors (Lipinski definition) is 5. The second-order valence-corrected chi connectivity index (χ2v) is 9.92. The Morgan fingerprint density at radius 3 is 2.48 bits per heavy atom. The number of fused-ring (bicyclic) bond motifs is 2. The number of nitrogens with two attached hydrogens (primary N) is 1. The molecule has 3 atom stereocenters. The smallest absolute Gasteiger partial charge is 0.327 e. The second kappa shape index (κ2) is 7.58. The largest absolute Gasteiger partial charge is 0.480 e. The van der Waals surface area contributed by atoms with E-state index in [1.807, 2.05) is 6.07 Å². The lowest BCUT2D eigenvalue weighted by molar-refractivity contribution is -0.139. The van der Waals surface area contributed by atoms with Crippen LogP contribution in [0.3, 0.4) is 0 Å². The fourth-order valence-corrected chi connectivity index (χ4v) is 5.12. The van der Waals surface area contributed by atoms with E-state index in [1.165, 1.54) is 29.2 Å². The van der Waals surface area contributed by atoms with Gasteiger partial charge in [0.25, 0.3) is 0 Å². The minimum Gasteiger partial charge on any atom is -0.480 e. The van der Waals surface area contributed by atoms with Crippen LogP contribution in [0, 0.1) is 11.6 Å². The summed E-state index contributed by atoms with van der Waals surface area (Å²) in [5, 5.41) is 9.84. The number of halogens is 2. The quantitative estimate of drug-likeness (QED) is 0.625. The van der Waals surface area contributed by atoms with Crippen molar-refractivity contribution in [3.05, 3.63) is 77.4 Å². The van der Waals surface area contributed by atoms with Gasteiger partial charge in [0.05, 0.1) is 0 Å². The number of rotatable bonds is 5. The minimum absolute atomic E-state index is 0.0450. The third-order valence-corrected chi connectivity index (χ3v) is 6.99. The zero-order valence-electron chi connectivity index (χ0n) is 16.5. The van der Waals surface area contributed by atoms with Crippen molar-refractivity contribution in [3.63, 3.8) is 0 Å². The lowest BCUT2D eigenvalue weighted by Gasteiger charge is -2.29. The van der Waals surface area contributed by atoms with Crippen molar-refractivity contribution in [1.82, 2.24) is 0 Å². The SMILES string of the molecule is CS(=O)(=O)C(N)C1c2cc(F)ccc2N(Cc2cccc3ccc(F)cc23)C1C(=O)O. The summed E-state index contributed by atoms with van der Waals surface area (Å²) in [6, 6.07) is 12.0. The zero-order valence-corrected chi connectivity index (χ0v) is 17.3. The molecule has 0 bridgehead atoms. The van der Waals surface area contributed by atoms with Gasteiger partial charge in [0.15, 0.2) is 9.84 Å². The van der Waals surface area contributed by atoms with Crippen LogP contribution in [0.2, 0.25) is 0 Å². The summed E-state index contributed by atoms with van der Waals surface area (Å²) in [5.74, 6) is -3.52. The predicted octanol–water partition coefficient (Wildman–Crippen LogP) is 3.00. The first-order chi connectivity index (χ1) is 14.6. The highest BCUT2D eigenvalue weighted by atomic mass is 32.2. The molecule has 0 aromatic heterocycles. The van der Waals surface area contributed by atoms with Gasteiger partial charge in [-0.25, -0.2) is 22.0 Å². The summed E-state index contributed by atoms with van der Waals surface area (Å²) < 4.78 is 52.3. The molecule has 1 aliphatic heterocycles. The topological polar surface area (TPSA) is 101 Å². The van der Waals surface area contributed by atoms with E-state index >= 15 is 0 Å². The van der Waals surface area contributed by atoms with Crippen molar-refractivity contribution in [2.24, 2.45) is 5.73 Å². The molecule has 3 N–H and O–H groups in total. The molecule has 3 aromatic rings. The molecule has 0 saturated carbocycles. The molecular formula is C22H20F2N2O4S. The van der Waals surface area contributed by atoms with Crippen LogP contribution >= 0.6 is 0 Å². The molecule has 162 valence electrons. The number of anilines is 1. The van der Waals surface area contributed by atoms with E-state index in [0.29, 0.717) is 16.6 Å². The van der Waals surface area contributed by atoms with Crippen molar-refractivity contribution in [2.75, 3.05) is 11.2 Å². The standard InChI is InChI=1S/C22H20F2N2O4S/c1-31(29,30)21(25)19-17-10-15(24)7-8-18(17)26(20(19)22(27)28)11-13-4-2-3-12-5-6-14(23)9-16(12)13/h2-10,19-21H,11,25H2,1H3,(H,27,28). The van der Waals surface area contributed by atoms with Gasteiger partial charge in [0.1, 0.15) is 23.1 Å². The maximum absolute atomic E-state index is 14.0. The Morgan fingerprint density at radius 2 is 1.81 bits per heavy atom. The maximum Gasteiger partial charge on any atom is 0.327 e. The van der Waals surface area contributed by atoms with Gasteiger partial charge in [0.2, 0.25) is 0 Å². The Hall–Kier alpha value is -3.04. The van der Waals surface area contributed by atoms with Crippen LogP contribution in [0.1, 0.15) is 17.0 Å². The summed E-state index contributed by atoms with van der Waals surface area (Å²) in [5.41, 5.74) is 7.21. The summed E-state index contributed by atoms with van der Waals surface area (Å²) in [4.78, 5) is 13.8. The summed E-state index contributed by atoms with van der Waals surface area (Å²) in [6.07, 6.45) is 0.922. The molecule has 0 saturated heterocycles. The third kappa shape index (κ3) is 3.75. The van der Waals surface area contributed by atoms with Crippen LogP contribution in [-0.2, 0) is 21.2 Å². The lowest BCUT2D eigenvalue weighted by atomic mass is 9.94. The van der Waals surface area contributed by atoms with Gasteiger partial charge in [-0.3, -0.25) is 0 Å². The first kappa shape index (κ1) is 21.2. The molecule has 0 radical (unpaired) electrons. The monoisotopic (exact) mass is 446 g/mol. The van der Waals surface area contributed by atoms with E-state index in [-0.39, 0.29) is 12.1 Å². The molecule has 0 fully saturated rings. The van der Waals surface area contributed by atoms with Crippen LogP contribution in [-0.4, -0.2) is 37.2 Å². The molecule has 9 heteroatoms. The van der Waals surface area contributed by atoms with E-state index in [0.717, 1.165) is 17.7 Å². The number of hydrogen-bond donors (Lipinski definition) is 2. The number of nitrogens with zero attached hydrogens (tertiary/aromatic N) is 1. The fraction of sp³-hybridized carbons (Fsp3) is 0.227. The lowest BCUT2D eigenvalue weighted by Crippen LogP contribution is -2.48. The van der Waals surface area contributed by atoms with Crippen molar-refractivity contribution in [2.45, 2.75) is 23.9 Å². The zero-order chi connectivity index (χ0) is 22.5. The van der Waals surface area contributed by atoms with Crippen molar-refractivity contribution < 1.29 is 27.1 Å². The number of aliphatic carboxylic acids is 1. The van der Waals surface area contributed by atoms with Crippen LogP contribution in [0.15, 0.2) is 54.6 Å². The highest BCUT2D eigenvalue weighted by molar-refractivity contribution is 7.91. The van der Waals surface area contributed by atoms with Gasteiger partial charge in [-0.1, -0.05) is 24.3 Å². The van der Waals surface area contributed by atoms with E-state index in [1.54, 1.807) is 18.2 Å². The van der Waals surface area contributed by atoms with Crippen LogP contribution in [0.5, 0.6) is 0 Å². The average Bonchev–Trinajstić information content (AvgIpc) is 3.00. The predicted molar refractivity (Wildman–Crippen MR) is 113 cm³/mol. The minimum atomic E-state index is -3.83. The molecule has 3 aromatic carbocycles. The molecule has 6 nitrogen and oxygen atoms in total. The normalized spacial score (nSPS) is 19.4. The van der Waals surface area contributed by atoms with Gasteiger partial charge >= 0.3 is 5.97 Å². The molecule has 0 aliphatic carbocycles. The first-order valence-corrected chi connectivity index (χ1v) is 11.4. The number of carboxylic acids is 1. The number of carboxylic acid groups (broad SMARTS) is 1. The van der Waals surface area contributed by atoms with Gasteiger partial charge in [0, 0.05) is 24.4 Å². The van der Waals surface area contributed by atoms with E-state index in [9.17, 15) is 27.1 Å². The third-order valence-electron chi connectivity index (χ3n) is 5.71. The first-order valence-electron chi connectivity index (χ1n) is 9.48. The fourth-order valence-electron chi connectivity index (χ4n) is 4.29. The van der Waals surface area contributed by atoms with Gasteiger partial charge in [-0.2, -0.15) is 0 Å². The van der Waals surface area contributed by atoms with Gasteiger partial charge in [-0.15, -0.1) is 0 Å². The summed E-state index contributed by atoms with van der Waals surface area (Å²) >= 11 is 0. The molecule has 31 heavy (non-hydrogen) atoms. The number of carbonyl (C=O) groups is 1. The Kier molecular flexibility index (Phi) is 5.18. The summed E-state index contributed by atoms with van der Waals surface area (Å²) in [6.45, 7) is 0.0450. The molecule has 1 aliphatic rings. The molecule has 4 rings (SSSR count). The van der Waals surface area contributed by atoms with Crippen molar-refractivity contribution >= 4 is 32.3 Å².